The minimum Gasteiger partial charge on any atom is -0.494 e. The van der Waals surface area contributed by atoms with Gasteiger partial charge in [0.15, 0.2) is 0 Å². The number of rotatable bonds is 6. The molecule has 1 N–H and O–H groups in total. The Balaban J connectivity index is 2.25. The van der Waals surface area contributed by atoms with Crippen LogP contribution in [0.15, 0.2) is 88.7 Å². The van der Waals surface area contributed by atoms with Crippen molar-refractivity contribution in [2.24, 2.45) is 9.98 Å². The quantitative estimate of drug-likeness (QED) is 0.573. The van der Waals surface area contributed by atoms with Crippen molar-refractivity contribution in [1.29, 1.82) is 0 Å². The van der Waals surface area contributed by atoms with Crippen molar-refractivity contribution in [3.8, 4) is 11.5 Å². The lowest BCUT2D eigenvalue weighted by atomic mass is 9.98. The summed E-state index contributed by atoms with van der Waals surface area (Å²) in [5.74, 6) is 1.32. The number of ether oxygens (including phenoxy) is 1. The van der Waals surface area contributed by atoms with E-state index >= 15 is 0 Å². The van der Waals surface area contributed by atoms with Crippen molar-refractivity contribution < 1.29 is 9.84 Å². The molecule has 0 heterocycles. The molecule has 2 aromatic carbocycles. The monoisotopic (exact) mass is 334 g/mol. The molecule has 128 valence electrons. The van der Waals surface area contributed by atoms with Crippen LogP contribution in [0.25, 0.3) is 0 Å². The van der Waals surface area contributed by atoms with Gasteiger partial charge in [0.05, 0.1) is 11.4 Å². The second kappa shape index (κ2) is 8.64. The first-order valence-corrected chi connectivity index (χ1v) is 7.95. The molecule has 0 fully saturated rings. The Morgan fingerprint density at radius 2 is 1.64 bits per heavy atom. The van der Waals surface area contributed by atoms with Crippen LogP contribution in [0.3, 0.4) is 0 Å². The maximum atomic E-state index is 9.30. The molecule has 0 bridgehead atoms. The lowest BCUT2D eigenvalue weighted by Gasteiger charge is -2.12. The van der Waals surface area contributed by atoms with Crippen LogP contribution in [0.2, 0.25) is 0 Å². The number of aliphatic imine (C=N–C) groups is 2. The van der Waals surface area contributed by atoms with E-state index in [0.29, 0.717) is 5.71 Å². The zero-order valence-electron chi connectivity index (χ0n) is 14.7. The van der Waals surface area contributed by atoms with Gasteiger partial charge in [-0.05, 0) is 56.8 Å². The number of aliphatic hydroxyl groups excluding tert-OH is 1. The van der Waals surface area contributed by atoms with Gasteiger partial charge in [0.2, 0.25) is 5.88 Å². The Labute approximate surface area is 148 Å². The molecule has 0 amide bonds. The van der Waals surface area contributed by atoms with E-state index in [0.717, 1.165) is 28.3 Å². The summed E-state index contributed by atoms with van der Waals surface area (Å²) in [7, 11) is 1.73. The zero-order valence-corrected chi connectivity index (χ0v) is 14.7. The molecule has 2 aromatic rings. The molecule has 25 heavy (non-hydrogen) atoms. The maximum absolute atomic E-state index is 9.30. The van der Waals surface area contributed by atoms with E-state index in [9.17, 15) is 5.11 Å². The zero-order chi connectivity index (χ0) is 18.2. The predicted octanol–water partition coefficient (Wildman–Crippen LogP) is 5.33. The second-order valence-electron chi connectivity index (χ2n) is 5.33. The third-order valence-electron chi connectivity index (χ3n) is 3.56. The Morgan fingerprint density at radius 1 is 1.04 bits per heavy atom. The van der Waals surface area contributed by atoms with Gasteiger partial charge in [-0.15, -0.1) is 0 Å². The smallest absolute Gasteiger partial charge is 0.203 e. The molecule has 2 rings (SSSR count). The topological polar surface area (TPSA) is 54.2 Å². The summed E-state index contributed by atoms with van der Waals surface area (Å²) < 4.78 is 5.81. The SMILES string of the molecule is C=C(O)/N=C(/C)C(=CC)C(=NC)c1ccc(Oc2ccccc2)cc1. The summed E-state index contributed by atoms with van der Waals surface area (Å²) in [5.41, 5.74) is 3.22. The average molecular weight is 334 g/mol. The van der Waals surface area contributed by atoms with E-state index in [1.54, 1.807) is 7.05 Å². The van der Waals surface area contributed by atoms with Crippen molar-refractivity contribution in [1.82, 2.24) is 0 Å². The number of benzene rings is 2. The molecule has 4 heteroatoms. The van der Waals surface area contributed by atoms with E-state index in [1.165, 1.54) is 0 Å². The Kier molecular flexibility index (Phi) is 6.29. The van der Waals surface area contributed by atoms with E-state index in [1.807, 2.05) is 74.5 Å². The highest BCUT2D eigenvalue weighted by Gasteiger charge is 2.12. The summed E-state index contributed by atoms with van der Waals surface area (Å²) in [5, 5.41) is 9.30. The third kappa shape index (κ3) is 4.91. The van der Waals surface area contributed by atoms with Gasteiger partial charge in [-0.2, -0.15) is 0 Å². The van der Waals surface area contributed by atoms with Gasteiger partial charge in [0.25, 0.3) is 0 Å². The standard InChI is InChI=1S/C21H22N2O2/c1-5-20(15(2)23-16(3)24)21(22-4)17-11-13-19(14-12-17)25-18-9-7-6-8-10-18/h5-14,24H,3H2,1-2,4H3/b20-5?,22-21?,23-15-. The minimum absolute atomic E-state index is 0.223. The number of aliphatic hydroxyl groups is 1. The summed E-state index contributed by atoms with van der Waals surface area (Å²) in [6.07, 6.45) is 1.92. The van der Waals surface area contributed by atoms with E-state index in [2.05, 4.69) is 16.6 Å². The summed E-state index contributed by atoms with van der Waals surface area (Å²) >= 11 is 0. The summed E-state index contributed by atoms with van der Waals surface area (Å²) in [4.78, 5) is 8.41. The molecule has 0 aliphatic heterocycles. The number of allylic oxidation sites excluding steroid dienone is 2. The molecule has 0 aliphatic rings. The Bertz CT molecular complexity index is 817. The van der Waals surface area contributed by atoms with E-state index < -0.39 is 0 Å². The number of para-hydroxylation sites is 1. The molecular weight excluding hydrogens is 312 g/mol. The predicted molar refractivity (Wildman–Crippen MR) is 104 cm³/mol. The van der Waals surface area contributed by atoms with Crippen LogP contribution in [0.5, 0.6) is 11.5 Å². The first-order chi connectivity index (χ1) is 12.0. The molecule has 0 radical (unpaired) electrons. The van der Waals surface area contributed by atoms with E-state index in [-0.39, 0.29) is 5.88 Å². The third-order valence-corrected chi connectivity index (χ3v) is 3.56. The summed E-state index contributed by atoms with van der Waals surface area (Å²) in [6.45, 7) is 7.13. The maximum Gasteiger partial charge on any atom is 0.203 e. The van der Waals surface area contributed by atoms with Crippen molar-refractivity contribution >= 4 is 11.4 Å². The number of hydrogen-bond acceptors (Lipinski definition) is 4. The molecule has 0 unspecified atom stereocenters. The van der Waals surface area contributed by atoms with E-state index in [4.69, 9.17) is 4.74 Å². The van der Waals surface area contributed by atoms with Gasteiger partial charge >= 0.3 is 0 Å². The highest BCUT2D eigenvalue weighted by atomic mass is 16.5. The second-order valence-corrected chi connectivity index (χ2v) is 5.33. The number of hydrogen-bond donors (Lipinski definition) is 1. The molecule has 4 nitrogen and oxygen atoms in total. The van der Waals surface area contributed by atoms with Crippen LogP contribution in [0.1, 0.15) is 19.4 Å². The van der Waals surface area contributed by atoms with Gasteiger partial charge in [-0.1, -0.05) is 24.3 Å². The highest BCUT2D eigenvalue weighted by molar-refractivity contribution is 6.29. The van der Waals surface area contributed by atoms with Crippen LogP contribution >= 0.6 is 0 Å². The highest BCUT2D eigenvalue weighted by Crippen LogP contribution is 2.22. The Morgan fingerprint density at radius 3 is 2.16 bits per heavy atom. The largest absolute Gasteiger partial charge is 0.494 e. The molecular formula is C21H22N2O2. The fourth-order valence-electron chi connectivity index (χ4n) is 2.48. The summed E-state index contributed by atoms with van der Waals surface area (Å²) in [6, 6.07) is 17.3. The normalized spacial score (nSPS) is 12.8. The van der Waals surface area contributed by atoms with Crippen LogP contribution in [-0.2, 0) is 0 Å². The van der Waals surface area contributed by atoms with Gasteiger partial charge in [-0.3, -0.25) is 4.99 Å². The average Bonchev–Trinajstić information content (AvgIpc) is 2.60. The van der Waals surface area contributed by atoms with Crippen LogP contribution < -0.4 is 4.74 Å². The van der Waals surface area contributed by atoms with Crippen molar-refractivity contribution in [2.45, 2.75) is 13.8 Å². The van der Waals surface area contributed by atoms with Crippen LogP contribution in [0, 0.1) is 0 Å². The fraction of sp³-hybridized carbons (Fsp3) is 0.143. The van der Waals surface area contributed by atoms with Crippen LogP contribution in [-0.4, -0.2) is 23.6 Å². The first kappa shape index (κ1) is 18.2. The van der Waals surface area contributed by atoms with Crippen molar-refractivity contribution in [2.75, 3.05) is 7.05 Å². The van der Waals surface area contributed by atoms with Crippen molar-refractivity contribution in [3.63, 3.8) is 0 Å². The molecule has 0 saturated carbocycles. The van der Waals surface area contributed by atoms with Crippen molar-refractivity contribution in [3.05, 3.63) is 84.3 Å². The molecule has 0 saturated heterocycles. The molecule has 0 atom stereocenters. The Hall–Kier alpha value is -3.14. The van der Waals surface area contributed by atoms with Gasteiger partial charge in [0, 0.05) is 18.2 Å². The molecule has 0 aliphatic carbocycles. The van der Waals surface area contributed by atoms with Gasteiger partial charge in [-0.25, -0.2) is 4.99 Å². The lowest BCUT2D eigenvalue weighted by molar-refractivity contribution is 0.410. The lowest BCUT2D eigenvalue weighted by Crippen LogP contribution is -2.12. The number of nitrogens with zero attached hydrogens (tertiary/aromatic N) is 2. The minimum atomic E-state index is -0.223. The van der Waals surface area contributed by atoms with Gasteiger partial charge < -0.3 is 9.84 Å². The molecule has 0 aromatic heterocycles. The van der Waals surface area contributed by atoms with Gasteiger partial charge in [0.1, 0.15) is 11.5 Å². The fourth-order valence-corrected chi connectivity index (χ4v) is 2.48. The molecule has 0 spiro atoms. The first-order valence-electron chi connectivity index (χ1n) is 7.95. The van der Waals surface area contributed by atoms with Crippen LogP contribution in [0.4, 0.5) is 0 Å².